The van der Waals surface area contributed by atoms with Crippen molar-refractivity contribution in [3.05, 3.63) is 105 Å². The highest BCUT2D eigenvalue weighted by Gasteiger charge is 2.13. The molecule has 0 spiro atoms. The summed E-state index contributed by atoms with van der Waals surface area (Å²) in [5.74, 6) is 0.0175. The summed E-state index contributed by atoms with van der Waals surface area (Å²) in [6.45, 7) is 2.16. The fourth-order valence-electron chi connectivity index (χ4n) is 3.85. The molecule has 4 aromatic rings. The number of rotatable bonds is 11. The number of H-pyrrole nitrogens is 1. The minimum Gasteiger partial charge on any atom is -0.478 e. The van der Waals surface area contributed by atoms with Crippen molar-refractivity contribution in [2.24, 2.45) is 0 Å². The summed E-state index contributed by atoms with van der Waals surface area (Å²) >= 11 is 1.55. The number of aromatic amines is 1. The number of aromatic nitrogens is 3. The molecular formula is C27H27N3O3S. The fourth-order valence-corrected chi connectivity index (χ4v) is 4.58. The van der Waals surface area contributed by atoms with Gasteiger partial charge in [-0.2, -0.15) is 0 Å². The molecule has 3 heterocycles. The number of nitrogens with zero attached hydrogens (tertiary/aromatic N) is 2. The Morgan fingerprint density at radius 3 is 2.59 bits per heavy atom. The zero-order valence-corrected chi connectivity index (χ0v) is 19.8. The molecule has 6 nitrogen and oxygen atoms in total. The summed E-state index contributed by atoms with van der Waals surface area (Å²) in [7, 11) is 0. The van der Waals surface area contributed by atoms with Crippen molar-refractivity contribution in [2.45, 2.75) is 39.2 Å². The maximum Gasteiger partial charge on any atom is 0.332 e. The van der Waals surface area contributed by atoms with Gasteiger partial charge in [0.25, 0.3) is 0 Å². The molecule has 0 saturated carbocycles. The molecule has 0 aliphatic heterocycles. The smallest absolute Gasteiger partial charge is 0.332 e. The second-order valence-electron chi connectivity index (χ2n) is 8.24. The maximum absolute atomic E-state index is 11.9. The third-order valence-corrected chi connectivity index (χ3v) is 6.52. The molecule has 7 heteroatoms. The highest BCUT2D eigenvalue weighted by molar-refractivity contribution is 7.09. The van der Waals surface area contributed by atoms with Crippen molar-refractivity contribution in [3.8, 4) is 0 Å². The molecule has 0 amide bonds. The van der Waals surface area contributed by atoms with Crippen molar-refractivity contribution < 1.29 is 14.7 Å². The molecule has 3 aromatic heterocycles. The number of ketones is 1. The monoisotopic (exact) mass is 473 g/mol. The van der Waals surface area contributed by atoms with Gasteiger partial charge in [0.2, 0.25) is 0 Å². The van der Waals surface area contributed by atoms with Crippen molar-refractivity contribution in [1.82, 2.24) is 14.5 Å². The molecule has 174 valence electrons. The Morgan fingerprint density at radius 2 is 1.94 bits per heavy atom. The first-order valence-corrected chi connectivity index (χ1v) is 12.1. The first-order chi connectivity index (χ1) is 16.5. The summed E-state index contributed by atoms with van der Waals surface area (Å²) in [4.78, 5) is 32.5. The van der Waals surface area contributed by atoms with Crippen molar-refractivity contribution >= 4 is 29.2 Å². The maximum atomic E-state index is 11.9. The normalized spacial score (nSPS) is 11.6. The van der Waals surface area contributed by atoms with Gasteiger partial charge in [-0.05, 0) is 55.0 Å². The van der Waals surface area contributed by atoms with Crippen LogP contribution in [0.15, 0.2) is 71.9 Å². The minimum atomic E-state index is -0.934. The number of carboxylic acids is 1. The Bertz CT molecular complexity index is 1270. The van der Waals surface area contributed by atoms with Crippen LogP contribution in [0.3, 0.4) is 0 Å². The lowest BCUT2D eigenvalue weighted by Gasteiger charge is -2.08. The Kier molecular flexibility index (Phi) is 7.54. The van der Waals surface area contributed by atoms with E-state index >= 15 is 0 Å². The number of thiophene rings is 1. The molecule has 0 saturated heterocycles. The van der Waals surface area contributed by atoms with Crippen LogP contribution in [0.25, 0.3) is 6.08 Å². The van der Waals surface area contributed by atoms with E-state index < -0.39 is 5.97 Å². The Hall–Kier alpha value is -3.71. The Balaban J connectivity index is 1.58. The minimum absolute atomic E-state index is 0.0403. The number of Topliss-reactive ketones (excluding diaryl/α,β-unsaturated/α-hetero) is 1. The number of carboxylic acid groups (broad SMARTS) is 1. The average Bonchev–Trinajstić information content (AvgIpc) is 3.57. The Morgan fingerprint density at radius 1 is 1.12 bits per heavy atom. The quantitative estimate of drug-likeness (QED) is 0.225. The summed E-state index contributed by atoms with van der Waals surface area (Å²) < 4.78 is 2.08. The van der Waals surface area contributed by atoms with Gasteiger partial charge in [-0.15, -0.1) is 11.3 Å². The van der Waals surface area contributed by atoms with Crippen molar-refractivity contribution in [2.75, 3.05) is 0 Å². The number of benzene rings is 1. The summed E-state index contributed by atoms with van der Waals surface area (Å²) in [6, 6.07) is 15.5. The van der Waals surface area contributed by atoms with E-state index in [1.807, 2.05) is 60.2 Å². The molecule has 0 bridgehead atoms. The largest absolute Gasteiger partial charge is 0.478 e. The van der Waals surface area contributed by atoms with Crippen LogP contribution in [-0.2, 0) is 30.6 Å². The van der Waals surface area contributed by atoms with Crippen LogP contribution < -0.4 is 0 Å². The van der Waals surface area contributed by atoms with Crippen LogP contribution in [0.4, 0.5) is 0 Å². The molecule has 0 atom stereocenters. The van der Waals surface area contributed by atoms with E-state index in [4.69, 9.17) is 4.98 Å². The van der Waals surface area contributed by atoms with Gasteiger partial charge in [-0.1, -0.05) is 30.3 Å². The molecule has 0 fully saturated rings. The van der Waals surface area contributed by atoms with E-state index in [-0.39, 0.29) is 5.78 Å². The number of aliphatic carboxylic acids is 1. The van der Waals surface area contributed by atoms with E-state index in [0.717, 1.165) is 35.5 Å². The van der Waals surface area contributed by atoms with Gasteiger partial charge in [0.1, 0.15) is 5.82 Å². The average molecular weight is 474 g/mol. The highest BCUT2D eigenvalue weighted by atomic mass is 32.1. The second kappa shape index (κ2) is 10.9. The predicted octanol–water partition coefficient (Wildman–Crippen LogP) is 5.41. The van der Waals surface area contributed by atoms with Gasteiger partial charge >= 0.3 is 5.97 Å². The van der Waals surface area contributed by atoms with E-state index in [0.29, 0.717) is 29.8 Å². The summed E-state index contributed by atoms with van der Waals surface area (Å²) in [6.07, 6.45) is 8.49. The van der Waals surface area contributed by atoms with E-state index in [2.05, 4.69) is 15.6 Å². The SMILES string of the molecule is CC(=O)c1ccc(Cn2cc(/C=C(/Cc3cccs3)C(=O)O)nc2CCCc2ccc[nH]2)cc1. The van der Waals surface area contributed by atoms with Gasteiger partial charge < -0.3 is 14.7 Å². The van der Waals surface area contributed by atoms with E-state index in [1.54, 1.807) is 24.3 Å². The lowest BCUT2D eigenvalue weighted by Crippen LogP contribution is -2.05. The molecule has 1 aromatic carbocycles. The zero-order chi connectivity index (χ0) is 23.9. The van der Waals surface area contributed by atoms with Gasteiger partial charge in [-0.25, -0.2) is 9.78 Å². The Labute approximate surface area is 202 Å². The van der Waals surface area contributed by atoms with Crippen LogP contribution in [0.2, 0.25) is 0 Å². The first-order valence-electron chi connectivity index (χ1n) is 11.2. The highest BCUT2D eigenvalue weighted by Crippen LogP contribution is 2.19. The molecule has 0 unspecified atom stereocenters. The number of hydrogen-bond acceptors (Lipinski definition) is 4. The molecule has 4 rings (SSSR count). The number of carbonyl (C=O) groups excluding carboxylic acids is 1. The number of carbonyl (C=O) groups is 2. The van der Waals surface area contributed by atoms with Crippen molar-refractivity contribution in [3.63, 3.8) is 0 Å². The number of nitrogens with one attached hydrogen (secondary N) is 1. The molecule has 0 aliphatic carbocycles. The summed E-state index contributed by atoms with van der Waals surface area (Å²) in [5, 5.41) is 11.7. The molecular weight excluding hydrogens is 446 g/mol. The van der Waals surface area contributed by atoms with Crippen LogP contribution >= 0.6 is 11.3 Å². The van der Waals surface area contributed by atoms with Crippen LogP contribution in [0.1, 0.15) is 51.4 Å². The third kappa shape index (κ3) is 6.20. The lowest BCUT2D eigenvalue weighted by atomic mass is 10.1. The number of imidazole rings is 1. The van der Waals surface area contributed by atoms with Gasteiger partial charge in [0.15, 0.2) is 5.78 Å². The van der Waals surface area contributed by atoms with E-state index in [9.17, 15) is 14.7 Å². The predicted molar refractivity (Wildman–Crippen MR) is 134 cm³/mol. The third-order valence-electron chi connectivity index (χ3n) is 5.64. The fraction of sp³-hybridized carbons (Fsp3) is 0.222. The zero-order valence-electron chi connectivity index (χ0n) is 19.0. The molecule has 0 radical (unpaired) electrons. The molecule has 0 aliphatic rings. The standard InChI is InChI=1S/C27H27N3O3S/c1-19(31)21-11-9-20(10-12-21)17-30-18-24(15-22(27(32)33)16-25-7-4-14-34-25)29-26(30)8-2-5-23-6-3-13-28-23/h3-4,6-7,9-15,18,28H,2,5,8,16-17H2,1H3,(H,32,33)/b22-15-. The topological polar surface area (TPSA) is 88.0 Å². The lowest BCUT2D eigenvalue weighted by molar-refractivity contribution is -0.132. The molecule has 2 N–H and O–H groups in total. The molecule has 34 heavy (non-hydrogen) atoms. The second-order valence-corrected chi connectivity index (χ2v) is 9.28. The van der Waals surface area contributed by atoms with Gasteiger partial charge in [-0.3, -0.25) is 4.79 Å². The van der Waals surface area contributed by atoms with E-state index in [1.165, 1.54) is 5.69 Å². The number of hydrogen-bond donors (Lipinski definition) is 2. The number of aryl methyl sites for hydroxylation is 2. The van der Waals surface area contributed by atoms with Crippen LogP contribution in [0.5, 0.6) is 0 Å². The summed E-state index contributed by atoms with van der Waals surface area (Å²) in [5.41, 5.74) is 3.88. The van der Waals surface area contributed by atoms with Crippen LogP contribution in [0, 0.1) is 0 Å². The van der Waals surface area contributed by atoms with Crippen molar-refractivity contribution in [1.29, 1.82) is 0 Å². The first kappa shape index (κ1) is 23.4. The van der Waals surface area contributed by atoms with Gasteiger partial charge in [0, 0.05) is 53.5 Å². The van der Waals surface area contributed by atoms with Crippen LogP contribution in [-0.4, -0.2) is 31.4 Å². The van der Waals surface area contributed by atoms with Gasteiger partial charge in [0.05, 0.1) is 5.69 Å².